The van der Waals surface area contributed by atoms with Crippen LogP contribution in [0.15, 0.2) is 48.5 Å². The summed E-state index contributed by atoms with van der Waals surface area (Å²) >= 11 is 0. The van der Waals surface area contributed by atoms with Gasteiger partial charge in [-0.15, -0.1) is 0 Å². The second-order valence-electron chi connectivity index (χ2n) is 5.55. The van der Waals surface area contributed by atoms with Crippen molar-refractivity contribution >= 4 is 17.3 Å². The number of carbonyl (C=O) groups is 1. The summed E-state index contributed by atoms with van der Waals surface area (Å²) in [4.78, 5) is 12.1. The number of rotatable bonds is 5. The van der Waals surface area contributed by atoms with Crippen LogP contribution in [0, 0.1) is 0 Å². The number of benzene rings is 2. The summed E-state index contributed by atoms with van der Waals surface area (Å²) in [5.41, 5.74) is 7.54. The van der Waals surface area contributed by atoms with Crippen molar-refractivity contribution < 1.29 is 14.3 Å². The summed E-state index contributed by atoms with van der Waals surface area (Å²) < 4.78 is 11.2. The van der Waals surface area contributed by atoms with Gasteiger partial charge in [0, 0.05) is 23.5 Å². The van der Waals surface area contributed by atoms with Crippen molar-refractivity contribution in [3.63, 3.8) is 0 Å². The van der Waals surface area contributed by atoms with E-state index in [1.54, 1.807) is 24.3 Å². The molecule has 5 nitrogen and oxygen atoms in total. The van der Waals surface area contributed by atoms with E-state index in [2.05, 4.69) is 5.32 Å². The zero-order valence-electron chi connectivity index (χ0n) is 12.8. The van der Waals surface area contributed by atoms with E-state index < -0.39 is 0 Å². The van der Waals surface area contributed by atoms with Crippen LogP contribution in [0.4, 0.5) is 11.4 Å². The number of anilines is 2. The lowest BCUT2D eigenvalue weighted by molar-refractivity contribution is 0.0679. The van der Waals surface area contributed by atoms with Crippen molar-refractivity contribution in [2.45, 2.75) is 18.9 Å². The molecule has 1 atom stereocenters. The van der Waals surface area contributed by atoms with E-state index in [1.165, 1.54) is 0 Å². The van der Waals surface area contributed by atoms with Crippen LogP contribution in [-0.4, -0.2) is 25.2 Å². The molecule has 5 heteroatoms. The fourth-order valence-corrected chi connectivity index (χ4v) is 2.44. The number of hydrogen-bond acceptors (Lipinski definition) is 4. The predicted molar refractivity (Wildman–Crippen MR) is 89.7 cm³/mol. The van der Waals surface area contributed by atoms with E-state index in [4.69, 9.17) is 15.2 Å². The Hall–Kier alpha value is -2.53. The van der Waals surface area contributed by atoms with Crippen molar-refractivity contribution in [2.75, 3.05) is 24.3 Å². The Kier molecular flexibility index (Phi) is 4.78. The van der Waals surface area contributed by atoms with Gasteiger partial charge < -0.3 is 20.5 Å². The fourth-order valence-electron chi connectivity index (χ4n) is 2.44. The van der Waals surface area contributed by atoms with Gasteiger partial charge in [0.15, 0.2) is 0 Å². The molecular weight excluding hydrogens is 292 g/mol. The quantitative estimate of drug-likeness (QED) is 0.832. The van der Waals surface area contributed by atoms with Gasteiger partial charge in [0.05, 0.1) is 6.10 Å². The fraction of sp³-hybridized carbons (Fsp3) is 0.278. The molecule has 0 aliphatic carbocycles. The van der Waals surface area contributed by atoms with E-state index in [1.807, 2.05) is 24.3 Å². The third-order valence-electron chi connectivity index (χ3n) is 3.74. The smallest absolute Gasteiger partial charge is 0.255 e. The summed E-state index contributed by atoms with van der Waals surface area (Å²) in [5, 5.41) is 2.84. The van der Waals surface area contributed by atoms with Gasteiger partial charge in [-0.2, -0.15) is 0 Å². The first kappa shape index (κ1) is 15.4. The van der Waals surface area contributed by atoms with Gasteiger partial charge in [0.25, 0.3) is 5.91 Å². The van der Waals surface area contributed by atoms with Gasteiger partial charge in [-0.05, 0) is 61.4 Å². The molecule has 3 rings (SSSR count). The van der Waals surface area contributed by atoms with E-state index in [0.717, 1.165) is 30.9 Å². The Morgan fingerprint density at radius 3 is 2.57 bits per heavy atom. The number of nitrogens with one attached hydrogen (secondary N) is 1. The molecule has 2 aromatic rings. The minimum absolute atomic E-state index is 0.168. The molecule has 1 fully saturated rings. The Morgan fingerprint density at radius 2 is 1.91 bits per heavy atom. The van der Waals surface area contributed by atoms with Gasteiger partial charge in [0.2, 0.25) is 0 Å². The maximum Gasteiger partial charge on any atom is 0.255 e. The largest absolute Gasteiger partial charge is 0.491 e. The van der Waals surface area contributed by atoms with Crippen LogP contribution in [-0.2, 0) is 4.74 Å². The first-order chi connectivity index (χ1) is 11.2. The monoisotopic (exact) mass is 312 g/mol. The summed E-state index contributed by atoms with van der Waals surface area (Å²) in [6.07, 6.45) is 2.35. The second kappa shape index (κ2) is 7.15. The molecule has 1 saturated heterocycles. The standard InChI is InChI=1S/C18H20N2O3/c19-14-5-3-13(4-6-14)18(21)20-15-7-9-16(10-8-15)23-12-17-2-1-11-22-17/h3-10,17H,1-2,11-12,19H2,(H,20,21). The van der Waals surface area contributed by atoms with Crippen LogP contribution in [0.2, 0.25) is 0 Å². The number of nitrogens with two attached hydrogens (primary N) is 1. The lowest BCUT2D eigenvalue weighted by Gasteiger charge is -2.12. The van der Waals surface area contributed by atoms with Crippen molar-refractivity contribution in [3.8, 4) is 5.75 Å². The maximum absolute atomic E-state index is 12.1. The van der Waals surface area contributed by atoms with Crippen LogP contribution in [0.3, 0.4) is 0 Å². The first-order valence-electron chi connectivity index (χ1n) is 7.72. The number of ether oxygens (including phenoxy) is 2. The molecule has 1 amide bonds. The molecule has 3 N–H and O–H groups in total. The van der Waals surface area contributed by atoms with Gasteiger partial charge in [0.1, 0.15) is 12.4 Å². The SMILES string of the molecule is Nc1ccc(C(=O)Nc2ccc(OCC3CCCO3)cc2)cc1. The maximum atomic E-state index is 12.1. The highest BCUT2D eigenvalue weighted by atomic mass is 16.5. The Bertz CT molecular complexity index is 647. The molecule has 1 aliphatic heterocycles. The highest BCUT2D eigenvalue weighted by Crippen LogP contribution is 2.19. The third-order valence-corrected chi connectivity index (χ3v) is 3.74. The van der Waals surface area contributed by atoms with Crippen LogP contribution in [0.1, 0.15) is 23.2 Å². The van der Waals surface area contributed by atoms with Crippen LogP contribution < -0.4 is 15.8 Å². The number of hydrogen-bond donors (Lipinski definition) is 2. The molecule has 1 heterocycles. The average molecular weight is 312 g/mol. The number of amides is 1. The van der Waals surface area contributed by atoms with Gasteiger partial charge in [-0.3, -0.25) is 4.79 Å². The molecule has 120 valence electrons. The first-order valence-corrected chi connectivity index (χ1v) is 7.72. The minimum atomic E-state index is -0.168. The Balaban J connectivity index is 1.54. The Labute approximate surface area is 135 Å². The van der Waals surface area contributed by atoms with Gasteiger partial charge in [-0.1, -0.05) is 0 Å². The van der Waals surface area contributed by atoms with Crippen LogP contribution in [0.5, 0.6) is 5.75 Å². The molecular formula is C18H20N2O3. The third kappa shape index (κ3) is 4.23. The number of nitrogen functional groups attached to an aromatic ring is 1. The minimum Gasteiger partial charge on any atom is -0.491 e. The molecule has 1 aliphatic rings. The molecule has 1 unspecified atom stereocenters. The van der Waals surface area contributed by atoms with Crippen molar-refractivity contribution in [3.05, 3.63) is 54.1 Å². The topological polar surface area (TPSA) is 73.6 Å². The van der Waals surface area contributed by atoms with Crippen molar-refractivity contribution in [2.24, 2.45) is 0 Å². The van der Waals surface area contributed by atoms with E-state index in [-0.39, 0.29) is 12.0 Å². The summed E-state index contributed by atoms with van der Waals surface area (Å²) in [6, 6.07) is 14.1. The summed E-state index contributed by atoms with van der Waals surface area (Å²) in [5.74, 6) is 0.601. The lowest BCUT2D eigenvalue weighted by Crippen LogP contribution is -2.16. The molecule has 2 aromatic carbocycles. The van der Waals surface area contributed by atoms with Crippen molar-refractivity contribution in [1.29, 1.82) is 0 Å². The Morgan fingerprint density at radius 1 is 1.17 bits per heavy atom. The molecule has 0 aromatic heterocycles. The molecule has 0 saturated carbocycles. The zero-order valence-corrected chi connectivity index (χ0v) is 12.8. The van der Waals surface area contributed by atoms with Gasteiger partial charge >= 0.3 is 0 Å². The lowest BCUT2D eigenvalue weighted by atomic mass is 10.2. The van der Waals surface area contributed by atoms with Crippen molar-refractivity contribution in [1.82, 2.24) is 0 Å². The van der Waals surface area contributed by atoms with E-state index in [0.29, 0.717) is 17.9 Å². The average Bonchev–Trinajstić information content (AvgIpc) is 3.08. The normalized spacial score (nSPS) is 17.0. The second-order valence-corrected chi connectivity index (χ2v) is 5.55. The summed E-state index contributed by atoms with van der Waals surface area (Å²) in [7, 11) is 0. The molecule has 23 heavy (non-hydrogen) atoms. The molecule has 0 radical (unpaired) electrons. The highest BCUT2D eigenvalue weighted by molar-refractivity contribution is 6.04. The number of carbonyl (C=O) groups excluding carboxylic acids is 1. The zero-order chi connectivity index (χ0) is 16.1. The van der Waals surface area contributed by atoms with E-state index in [9.17, 15) is 4.79 Å². The molecule has 0 bridgehead atoms. The predicted octanol–water partition coefficient (Wildman–Crippen LogP) is 3.08. The van der Waals surface area contributed by atoms with Crippen LogP contribution >= 0.6 is 0 Å². The van der Waals surface area contributed by atoms with Gasteiger partial charge in [-0.25, -0.2) is 0 Å². The summed E-state index contributed by atoms with van der Waals surface area (Å²) in [6.45, 7) is 1.39. The van der Waals surface area contributed by atoms with Crippen LogP contribution in [0.25, 0.3) is 0 Å². The van der Waals surface area contributed by atoms with E-state index >= 15 is 0 Å². The molecule has 0 spiro atoms. The highest BCUT2D eigenvalue weighted by Gasteiger charge is 2.15.